The minimum Gasteiger partial charge on any atom is -0.461 e. The fraction of sp³-hybridized carbons (Fsp3) is 0.306. The SMILES string of the molecule is CC1=C(C(=O)OCCN(C)C/C=C/c2ccc(Cc3cccnc3)cc2)C(c2cccc([N+](=O)[O-])c2)C(C(=O)OC(C)C)=C(C)N1. The van der Waals surface area contributed by atoms with E-state index in [0.29, 0.717) is 30.0 Å². The standard InChI is InChI=1S/C36H40N4O6/c1-24(2)46-36(42)33-26(4)38-25(3)32(34(33)30-11-6-12-31(22-30)40(43)44)35(41)45-20-19-39(5)18-8-10-27-13-15-28(16-14-27)21-29-9-7-17-37-23-29/h6-17,22-24,34,38H,18-21H2,1-5H3/b10-8+. The Hall–Kier alpha value is -5.09. The molecule has 0 bridgehead atoms. The molecule has 0 fully saturated rings. The van der Waals surface area contributed by atoms with Gasteiger partial charge < -0.3 is 14.8 Å². The zero-order valence-corrected chi connectivity index (χ0v) is 26.9. The van der Waals surface area contributed by atoms with Gasteiger partial charge in [-0.05, 0) is 69.5 Å². The summed E-state index contributed by atoms with van der Waals surface area (Å²) < 4.78 is 11.2. The highest BCUT2D eigenvalue weighted by molar-refractivity contribution is 6.00. The number of esters is 2. The summed E-state index contributed by atoms with van der Waals surface area (Å²) in [5.41, 5.74) is 5.16. The number of carbonyl (C=O) groups is 2. The molecule has 2 heterocycles. The number of ether oxygens (including phenoxy) is 2. The number of nitro groups is 1. The van der Waals surface area contributed by atoms with Gasteiger partial charge in [-0.15, -0.1) is 0 Å². The Bertz CT molecular complexity index is 1640. The zero-order valence-electron chi connectivity index (χ0n) is 26.9. The smallest absolute Gasteiger partial charge is 0.337 e. The van der Waals surface area contributed by atoms with Gasteiger partial charge in [0.05, 0.1) is 28.1 Å². The minimum atomic E-state index is -0.906. The summed E-state index contributed by atoms with van der Waals surface area (Å²) in [6, 6.07) is 18.3. The van der Waals surface area contributed by atoms with Gasteiger partial charge in [-0.25, -0.2) is 9.59 Å². The molecule has 0 saturated carbocycles. The predicted octanol–water partition coefficient (Wildman–Crippen LogP) is 5.96. The monoisotopic (exact) mass is 624 g/mol. The summed E-state index contributed by atoms with van der Waals surface area (Å²) in [5, 5.41) is 14.7. The maximum atomic E-state index is 13.6. The molecule has 2 aromatic carbocycles. The average molecular weight is 625 g/mol. The fourth-order valence-corrected chi connectivity index (χ4v) is 5.28. The van der Waals surface area contributed by atoms with Gasteiger partial charge in [-0.3, -0.25) is 20.0 Å². The molecule has 0 amide bonds. The summed E-state index contributed by atoms with van der Waals surface area (Å²) in [6.45, 7) is 8.12. The number of rotatable bonds is 13. The summed E-state index contributed by atoms with van der Waals surface area (Å²) in [7, 11) is 1.93. The van der Waals surface area contributed by atoms with Crippen LogP contribution < -0.4 is 5.32 Å². The van der Waals surface area contributed by atoms with E-state index in [-0.39, 0.29) is 23.4 Å². The van der Waals surface area contributed by atoms with Gasteiger partial charge in [0.1, 0.15) is 6.61 Å². The van der Waals surface area contributed by atoms with Crippen LogP contribution in [0.3, 0.4) is 0 Å². The predicted molar refractivity (Wildman–Crippen MR) is 177 cm³/mol. The van der Waals surface area contributed by atoms with Crippen LogP contribution in [0.4, 0.5) is 5.69 Å². The van der Waals surface area contributed by atoms with Gasteiger partial charge in [0.15, 0.2) is 0 Å². The van der Waals surface area contributed by atoms with Crippen molar-refractivity contribution in [1.29, 1.82) is 0 Å². The first kappa shape index (κ1) is 33.8. The van der Waals surface area contributed by atoms with Crippen molar-refractivity contribution in [3.63, 3.8) is 0 Å². The number of hydrogen-bond acceptors (Lipinski definition) is 9. The van der Waals surface area contributed by atoms with Crippen molar-refractivity contribution in [3.05, 3.63) is 134 Å². The van der Waals surface area contributed by atoms with Crippen molar-refractivity contribution in [2.45, 2.75) is 46.1 Å². The second kappa shape index (κ2) is 15.8. The molecule has 4 rings (SSSR count). The molecule has 240 valence electrons. The van der Waals surface area contributed by atoms with E-state index >= 15 is 0 Å². The van der Waals surface area contributed by atoms with Crippen LogP contribution in [-0.4, -0.2) is 59.6 Å². The Morgan fingerprint density at radius 2 is 1.74 bits per heavy atom. The Labute approximate surface area is 269 Å². The van der Waals surface area contributed by atoms with Crippen LogP contribution in [0.2, 0.25) is 0 Å². The van der Waals surface area contributed by atoms with Gasteiger partial charge in [0, 0.05) is 49.0 Å². The normalized spacial score (nSPS) is 15.0. The highest BCUT2D eigenvalue weighted by atomic mass is 16.6. The number of aromatic nitrogens is 1. The van der Waals surface area contributed by atoms with Crippen LogP contribution in [0.15, 0.2) is 102 Å². The lowest BCUT2D eigenvalue weighted by atomic mass is 9.80. The molecule has 1 aliphatic heterocycles. The number of nitrogens with one attached hydrogen (secondary N) is 1. The summed E-state index contributed by atoms with van der Waals surface area (Å²) >= 11 is 0. The molecule has 10 heteroatoms. The van der Waals surface area contributed by atoms with Crippen molar-refractivity contribution in [2.24, 2.45) is 0 Å². The lowest BCUT2D eigenvalue weighted by Crippen LogP contribution is -2.34. The number of non-ortho nitro benzene ring substituents is 1. The van der Waals surface area contributed by atoms with E-state index in [4.69, 9.17) is 9.47 Å². The van der Waals surface area contributed by atoms with Crippen molar-refractivity contribution >= 4 is 23.7 Å². The maximum Gasteiger partial charge on any atom is 0.337 e. The van der Waals surface area contributed by atoms with E-state index in [2.05, 4.69) is 40.6 Å². The topological polar surface area (TPSA) is 124 Å². The van der Waals surface area contributed by atoms with Crippen molar-refractivity contribution < 1.29 is 24.0 Å². The molecule has 1 atom stereocenters. The lowest BCUT2D eigenvalue weighted by Gasteiger charge is -2.31. The molecular weight excluding hydrogens is 584 g/mol. The van der Waals surface area contributed by atoms with Crippen molar-refractivity contribution in [3.8, 4) is 0 Å². The molecule has 0 radical (unpaired) electrons. The molecule has 0 aliphatic carbocycles. The Morgan fingerprint density at radius 3 is 2.39 bits per heavy atom. The first-order valence-corrected chi connectivity index (χ1v) is 15.2. The first-order chi connectivity index (χ1) is 22.0. The van der Waals surface area contributed by atoms with Gasteiger partial charge in [-0.2, -0.15) is 0 Å². The molecule has 1 aromatic heterocycles. The van der Waals surface area contributed by atoms with E-state index in [1.165, 1.54) is 29.3 Å². The molecule has 3 aromatic rings. The highest BCUT2D eigenvalue weighted by Gasteiger charge is 2.38. The molecule has 46 heavy (non-hydrogen) atoms. The molecular formula is C36H40N4O6. The fourth-order valence-electron chi connectivity index (χ4n) is 5.28. The number of pyridine rings is 1. The molecule has 1 N–H and O–H groups in total. The number of likely N-dealkylation sites (N-methyl/N-ethyl adjacent to an activating group) is 1. The summed E-state index contributed by atoms with van der Waals surface area (Å²) in [5.74, 6) is -2.13. The van der Waals surface area contributed by atoms with Crippen LogP contribution >= 0.6 is 0 Å². The summed E-state index contributed by atoms with van der Waals surface area (Å²) in [6.07, 6.45) is 8.17. The van der Waals surface area contributed by atoms with Crippen LogP contribution in [-0.2, 0) is 25.5 Å². The Balaban J connectivity index is 1.39. The Kier molecular flexibility index (Phi) is 11.6. The maximum absolute atomic E-state index is 13.6. The van der Waals surface area contributed by atoms with E-state index < -0.39 is 28.9 Å². The first-order valence-electron chi connectivity index (χ1n) is 15.2. The largest absolute Gasteiger partial charge is 0.461 e. The van der Waals surface area contributed by atoms with Crippen LogP contribution in [0.5, 0.6) is 0 Å². The van der Waals surface area contributed by atoms with Crippen LogP contribution in [0.25, 0.3) is 6.08 Å². The van der Waals surface area contributed by atoms with E-state index in [1.54, 1.807) is 40.0 Å². The van der Waals surface area contributed by atoms with Gasteiger partial charge in [0.2, 0.25) is 0 Å². The number of allylic oxidation sites excluding steroid dienone is 2. The lowest BCUT2D eigenvalue weighted by molar-refractivity contribution is -0.384. The number of nitro benzene ring substituents is 1. The average Bonchev–Trinajstić information content (AvgIpc) is 3.01. The molecule has 0 saturated heterocycles. The summed E-state index contributed by atoms with van der Waals surface area (Å²) in [4.78, 5) is 44.1. The van der Waals surface area contributed by atoms with Crippen molar-refractivity contribution in [1.82, 2.24) is 15.2 Å². The van der Waals surface area contributed by atoms with Crippen LogP contribution in [0.1, 0.15) is 55.9 Å². The van der Waals surface area contributed by atoms with E-state index in [9.17, 15) is 19.7 Å². The van der Waals surface area contributed by atoms with Crippen molar-refractivity contribution in [2.75, 3.05) is 26.7 Å². The highest BCUT2D eigenvalue weighted by Crippen LogP contribution is 2.40. The number of hydrogen-bond donors (Lipinski definition) is 1. The molecule has 10 nitrogen and oxygen atoms in total. The molecule has 1 unspecified atom stereocenters. The second-order valence-corrected chi connectivity index (χ2v) is 11.5. The van der Waals surface area contributed by atoms with Gasteiger partial charge in [-0.1, -0.05) is 54.6 Å². The quantitative estimate of drug-likeness (QED) is 0.139. The van der Waals surface area contributed by atoms with Gasteiger partial charge in [0.25, 0.3) is 5.69 Å². The number of carbonyl (C=O) groups excluding carboxylic acids is 2. The van der Waals surface area contributed by atoms with E-state index in [1.807, 2.05) is 36.4 Å². The Morgan fingerprint density at radius 1 is 1.02 bits per heavy atom. The second-order valence-electron chi connectivity index (χ2n) is 11.5. The number of dihydropyridines is 1. The zero-order chi connectivity index (χ0) is 33.2. The molecule has 1 aliphatic rings. The minimum absolute atomic E-state index is 0.110. The number of nitrogens with zero attached hydrogens (tertiary/aromatic N) is 3. The van der Waals surface area contributed by atoms with Gasteiger partial charge >= 0.3 is 11.9 Å². The third-order valence-electron chi connectivity index (χ3n) is 7.50. The third-order valence-corrected chi connectivity index (χ3v) is 7.50. The third kappa shape index (κ3) is 8.98. The van der Waals surface area contributed by atoms with Crippen LogP contribution in [0, 0.1) is 10.1 Å². The number of benzene rings is 2. The van der Waals surface area contributed by atoms with E-state index in [0.717, 1.165) is 12.0 Å². The molecule has 0 spiro atoms.